The van der Waals surface area contributed by atoms with Gasteiger partial charge in [0.1, 0.15) is 30.0 Å². The monoisotopic (exact) mass is 455 g/mol. The van der Waals surface area contributed by atoms with Crippen LogP contribution >= 0.6 is 0 Å². The molecule has 0 aromatic heterocycles. The fourth-order valence-corrected chi connectivity index (χ4v) is 5.14. The molecule has 0 radical (unpaired) electrons. The molecule has 2 aliphatic rings. The Morgan fingerprint density at radius 1 is 0.765 bits per heavy atom. The molecule has 5 rings (SSSR count). The quantitative estimate of drug-likeness (QED) is 0.459. The van der Waals surface area contributed by atoms with Gasteiger partial charge < -0.3 is 18.9 Å². The van der Waals surface area contributed by atoms with Crippen molar-refractivity contribution in [1.82, 2.24) is 0 Å². The van der Waals surface area contributed by atoms with Crippen LogP contribution in [0.15, 0.2) is 91.0 Å². The first-order valence-electron chi connectivity index (χ1n) is 11.7. The lowest BCUT2D eigenvalue weighted by atomic mass is 9.80. The summed E-state index contributed by atoms with van der Waals surface area (Å²) in [6.07, 6.45) is -1.04. The van der Waals surface area contributed by atoms with E-state index in [1.807, 2.05) is 68.4 Å². The number of hydrogen-bond acceptors (Lipinski definition) is 5. The van der Waals surface area contributed by atoms with Crippen molar-refractivity contribution in [3.8, 4) is 6.07 Å². The van der Waals surface area contributed by atoms with Crippen LogP contribution in [0.25, 0.3) is 0 Å². The number of nitrogens with zero attached hydrogens (tertiary/aromatic N) is 1. The van der Waals surface area contributed by atoms with Crippen LogP contribution in [-0.2, 0) is 24.5 Å². The van der Waals surface area contributed by atoms with Crippen molar-refractivity contribution < 1.29 is 18.9 Å². The van der Waals surface area contributed by atoms with Gasteiger partial charge in [0.05, 0.1) is 19.1 Å². The van der Waals surface area contributed by atoms with E-state index in [1.54, 1.807) is 0 Å². The molecule has 0 spiro atoms. The Morgan fingerprint density at radius 2 is 1.21 bits per heavy atom. The van der Waals surface area contributed by atoms with Crippen molar-refractivity contribution in [3.05, 3.63) is 108 Å². The molecule has 4 atom stereocenters. The topological polar surface area (TPSA) is 60.7 Å². The van der Waals surface area contributed by atoms with Crippen LogP contribution in [0.5, 0.6) is 0 Å². The van der Waals surface area contributed by atoms with E-state index in [0.717, 1.165) is 16.7 Å². The SMILES string of the molecule is CC1(C)O[C@@H]2[C@H](O1)[C@@H](COC(c1ccccc1)(c1ccccc1)c1ccccc1)O[C@@H]2CC#N. The Hall–Kier alpha value is -3.01. The summed E-state index contributed by atoms with van der Waals surface area (Å²) in [4.78, 5) is 0. The average molecular weight is 456 g/mol. The molecule has 3 aromatic rings. The molecule has 5 nitrogen and oxygen atoms in total. The standard InChI is InChI=1S/C29H29NO4/c1-28(2)33-26-24(18-19-30)32-25(27(26)34-28)20-31-29(21-12-6-3-7-13-21,22-14-8-4-9-15-22)23-16-10-5-11-17-23/h3-17,24-27H,18,20H2,1-2H3/t24-,25-,26+,27-/m1/s1. The van der Waals surface area contributed by atoms with Crippen LogP contribution in [0.2, 0.25) is 0 Å². The van der Waals surface area contributed by atoms with E-state index in [4.69, 9.17) is 18.9 Å². The molecule has 3 aromatic carbocycles. The van der Waals surface area contributed by atoms with Crippen LogP contribution in [0, 0.1) is 11.3 Å². The normalized spacial score (nSPS) is 25.6. The fraction of sp³-hybridized carbons (Fsp3) is 0.345. The number of fused-ring (bicyclic) bond motifs is 1. The van der Waals surface area contributed by atoms with Gasteiger partial charge in [-0.1, -0.05) is 91.0 Å². The molecule has 0 amide bonds. The number of benzene rings is 3. The summed E-state index contributed by atoms with van der Waals surface area (Å²) in [6, 6.07) is 33.0. The second-order valence-corrected chi connectivity index (χ2v) is 9.23. The number of hydrogen-bond donors (Lipinski definition) is 0. The van der Waals surface area contributed by atoms with Crippen molar-refractivity contribution in [2.75, 3.05) is 6.61 Å². The first-order chi connectivity index (χ1) is 16.5. The highest BCUT2D eigenvalue weighted by Crippen LogP contribution is 2.43. The lowest BCUT2D eigenvalue weighted by molar-refractivity contribution is -0.194. The van der Waals surface area contributed by atoms with Gasteiger partial charge in [0, 0.05) is 0 Å². The molecule has 2 fully saturated rings. The molecule has 2 saturated heterocycles. The van der Waals surface area contributed by atoms with Crippen LogP contribution in [0.3, 0.4) is 0 Å². The highest BCUT2D eigenvalue weighted by molar-refractivity contribution is 5.47. The first-order valence-corrected chi connectivity index (χ1v) is 11.7. The van der Waals surface area contributed by atoms with Crippen molar-refractivity contribution in [2.24, 2.45) is 0 Å². The maximum absolute atomic E-state index is 9.31. The lowest BCUT2D eigenvalue weighted by Gasteiger charge is -2.37. The highest BCUT2D eigenvalue weighted by Gasteiger charge is 2.55. The third kappa shape index (κ3) is 4.15. The van der Waals surface area contributed by atoms with E-state index in [-0.39, 0.29) is 37.4 Å². The maximum atomic E-state index is 9.31. The number of rotatable bonds is 7. The summed E-state index contributed by atoms with van der Waals surface area (Å²) in [7, 11) is 0. The van der Waals surface area contributed by atoms with Crippen molar-refractivity contribution in [1.29, 1.82) is 5.26 Å². The van der Waals surface area contributed by atoms with E-state index in [1.165, 1.54) is 0 Å². The van der Waals surface area contributed by atoms with Gasteiger partial charge in [0.15, 0.2) is 5.79 Å². The molecule has 0 N–H and O–H groups in total. The molecule has 0 saturated carbocycles. The highest BCUT2D eigenvalue weighted by atomic mass is 16.8. The third-order valence-corrected chi connectivity index (χ3v) is 6.54. The van der Waals surface area contributed by atoms with Gasteiger partial charge in [-0.05, 0) is 30.5 Å². The Kier molecular flexibility index (Phi) is 6.24. The zero-order valence-electron chi connectivity index (χ0n) is 19.5. The molecule has 0 unspecified atom stereocenters. The Balaban J connectivity index is 1.54. The summed E-state index contributed by atoms with van der Waals surface area (Å²) in [5.41, 5.74) is 2.24. The largest absolute Gasteiger partial charge is 0.366 e. The Morgan fingerprint density at radius 3 is 1.65 bits per heavy atom. The van der Waals surface area contributed by atoms with Gasteiger partial charge in [-0.2, -0.15) is 5.26 Å². The smallest absolute Gasteiger partial charge is 0.164 e. The summed E-state index contributed by atoms with van der Waals surface area (Å²) in [5.74, 6) is -0.722. The van der Waals surface area contributed by atoms with Crippen LogP contribution in [0.4, 0.5) is 0 Å². The maximum Gasteiger partial charge on any atom is 0.164 e. The van der Waals surface area contributed by atoms with Gasteiger partial charge in [-0.15, -0.1) is 0 Å². The summed E-state index contributed by atoms with van der Waals surface area (Å²) in [5, 5.41) is 9.31. The number of nitriles is 1. The van der Waals surface area contributed by atoms with E-state index in [0.29, 0.717) is 0 Å². The van der Waals surface area contributed by atoms with Crippen LogP contribution in [-0.4, -0.2) is 36.8 Å². The van der Waals surface area contributed by atoms with E-state index >= 15 is 0 Å². The van der Waals surface area contributed by atoms with E-state index in [2.05, 4.69) is 42.5 Å². The van der Waals surface area contributed by atoms with Gasteiger partial charge in [-0.25, -0.2) is 0 Å². The Bertz CT molecular complexity index is 1030. The Labute approximate surface area is 200 Å². The molecular weight excluding hydrogens is 426 g/mol. The number of ether oxygens (including phenoxy) is 4. The lowest BCUT2D eigenvalue weighted by Crippen LogP contribution is -2.39. The second-order valence-electron chi connectivity index (χ2n) is 9.23. The van der Waals surface area contributed by atoms with Crippen molar-refractivity contribution in [2.45, 2.75) is 56.1 Å². The molecule has 0 aliphatic carbocycles. The average Bonchev–Trinajstić information content (AvgIpc) is 3.35. The fourth-order valence-electron chi connectivity index (χ4n) is 5.14. The summed E-state index contributed by atoms with van der Waals surface area (Å²) >= 11 is 0. The second kappa shape index (κ2) is 9.32. The third-order valence-electron chi connectivity index (χ3n) is 6.54. The van der Waals surface area contributed by atoms with Crippen molar-refractivity contribution >= 4 is 0 Å². The van der Waals surface area contributed by atoms with Gasteiger partial charge in [-0.3, -0.25) is 0 Å². The van der Waals surface area contributed by atoms with Crippen molar-refractivity contribution in [3.63, 3.8) is 0 Å². The molecule has 0 bridgehead atoms. The minimum Gasteiger partial charge on any atom is -0.366 e. The zero-order chi connectivity index (χ0) is 23.6. The molecular formula is C29H29NO4. The molecule has 174 valence electrons. The van der Waals surface area contributed by atoms with Gasteiger partial charge in [0.25, 0.3) is 0 Å². The predicted molar refractivity (Wildman–Crippen MR) is 128 cm³/mol. The minimum absolute atomic E-state index is 0.248. The van der Waals surface area contributed by atoms with Gasteiger partial charge >= 0.3 is 0 Å². The minimum atomic E-state index is -0.842. The van der Waals surface area contributed by atoms with E-state index < -0.39 is 11.4 Å². The zero-order valence-corrected chi connectivity index (χ0v) is 19.5. The molecule has 2 aliphatic heterocycles. The summed E-state index contributed by atoms with van der Waals surface area (Å²) < 4.78 is 25.5. The summed E-state index contributed by atoms with van der Waals surface area (Å²) in [6.45, 7) is 4.07. The van der Waals surface area contributed by atoms with Gasteiger partial charge in [0.2, 0.25) is 0 Å². The molecule has 5 heteroatoms. The molecule has 2 heterocycles. The van der Waals surface area contributed by atoms with Crippen LogP contribution in [0.1, 0.15) is 37.0 Å². The van der Waals surface area contributed by atoms with E-state index in [9.17, 15) is 5.26 Å². The van der Waals surface area contributed by atoms with Crippen LogP contribution < -0.4 is 0 Å². The molecule has 34 heavy (non-hydrogen) atoms. The first kappa shape index (κ1) is 22.8. The predicted octanol–water partition coefficient (Wildman–Crippen LogP) is 5.20.